The minimum atomic E-state index is -0.0142. The molecule has 4 rings (SSSR count). The molecule has 148 valence electrons. The highest BCUT2D eigenvalue weighted by Gasteiger charge is 2.18. The van der Waals surface area contributed by atoms with Gasteiger partial charge in [-0.15, -0.1) is 0 Å². The second kappa shape index (κ2) is 9.57. The lowest BCUT2D eigenvalue weighted by Gasteiger charge is -2.23. The molecule has 0 saturated heterocycles. The molecule has 0 unspecified atom stereocenters. The molecule has 0 heterocycles. The molecule has 3 heteroatoms. The number of carbonyl (C=O) groups is 1. The fourth-order valence-electron chi connectivity index (χ4n) is 3.34. The third-order valence-electron chi connectivity index (χ3n) is 4.97. The van der Waals surface area contributed by atoms with Gasteiger partial charge >= 0.3 is 0 Å². The van der Waals surface area contributed by atoms with Crippen LogP contribution in [0.4, 0.5) is 11.4 Å². The van der Waals surface area contributed by atoms with Crippen molar-refractivity contribution in [2.45, 2.75) is 13.1 Å². The molecule has 0 bridgehead atoms. The Bertz CT molecular complexity index is 1060. The maximum atomic E-state index is 13.3. The lowest BCUT2D eigenvalue weighted by Crippen LogP contribution is -2.30. The second-order valence-electron chi connectivity index (χ2n) is 7.13. The summed E-state index contributed by atoms with van der Waals surface area (Å²) in [5, 5.41) is 3.40. The van der Waals surface area contributed by atoms with Crippen LogP contribution >= 0.6 is 0 Å². The lowest BCUT2D eigenvalue weighted by molar-refractivity contribution is 0.0985. The Morgan fingerprint density at radius 2 is 1.17 bits per heavy atom. The first-order valence-corrected chi connectivity index (χ1v) is 10.1. The van der Waals surface area contributed by atoms with Gasteiger partial charge in [0.15, 0.2) is 0 Å². The zero-order valence-corrected chi connectivity index (χ0v) is 16.7. The van der Waals surface area contributed by atoms with Gasteiger partial charge in [-0.1, -0.05) is 78.9 Å². The molecule has 0 radical (unpaired) electrons. The first-order valence-electron chi connectivity index (χ1n) is 10.1. The summed E-state index contributed by atoms with van der Waals surface area (Å²) in [5.41, 5.74) is 4.86. The number of anilines is 2. The van der Waals surface area contributed by atoms with E-state index in [1.807, 2.05) is 108 Å². The summed E-state index contributed by atoms with van der Waals surface area (Å²) in [4.78, 5) is 15.2. The van der Waals surface area contributed by atoms with E-state index in [-0.39, 0.29) is 5.91 Å². The third kappa shape index (κ3) is 4.95. The first-order chi connectivity index (χ1) is 14.8. The number of nitrogens with zero attached hydrogens (tertiary/aromatic N) is 1. The van der Waals surface area contributed by atoms with Gasteiger partial charge in [0.2, 0.25) is 0 Å². The van der Waals surface area contributed by atoms with Gasteiger partial charge in [-0.25, -0.2) is 0 Å². The molecule has 0 aliphatic carbocycles. The van der Waals surface area contributed by atoms with Crippen LogP contribution in [0.3, 0.4) is 0 Å². The van der Waals surface area contributed by atoms with E-state index in [4.69, 9.17) is 0 Å². The average molecular weight is 393 g/mol. The maximum Gasteiger partial charge on any atom is 0.258 e. The molecule has 0 aliphatic rings. The monoisotopic (exact) mass is 392 g/mol. The molecule has 0 aromatic heterocycles. The van der Waals surface area contributed by atoms with Crippen LogP contribution < -0.4 is 10.2 Å². The second-order valence-corrected chi connectivity index (χ2v) is 7.13. The van der Waals surface area contributed by atoms with E-state index in [9.17, 15) is 4.79 Å². The van der Waals surface area contributed by atoms with E-state index in [0.29, 0.717) is 12.1 Å². The van der Waals surface area contributed by atoms with Crippen LogP contribution in [-0.4, -0.2) is 5.91 Å². The van der Waals surface area contributed by atoms with E-state index in [1.165, 1.54) is 5.56 Å². The fourth-order valence-corrected chi connectivity index (χ4v) is 3.34. The number of hydrogen-bond acceptors (Lipinski definition) is 2. The first kappa shape index (κ1) is 19.5. The van der Waals surface area contributed by atoms with Crippen molar-refractivity contribution in [3.8, 4) is 0 Å². The van der Waals surface area contributed by atoms with Gasteiger partial charge in [0.05, 0.1) is 6.54 Å². The molecule has 0 aliphatic heterocycles. The van der Waals surface area contributed by atoms with Crippen LogP contribution in [-0.2, 0) is 13.1 Å². The van der Waals surface area contributed by atoms with Gasteiger partial charge in [-0.2, -0.15) is 0 Å². The predicted molar refractivity (Wildman–Crippen MR) is 124 cm³/mol. The predicted octanol–water partition coefficient (Wildman–Crippen LogP) is 6.15. The smallest absolute Gasteiger partial charge is 0.258 e. The maximum absolute atomic E-state index is 13.3. The van der Waals surface area contributed by atoms with Crippen LogP contribution in [0.1, 0.15) is 21.5 Å². The molecule has 0 fully saturated rings. The number of carbonyl (C=O) groups excluding carboxylic acids is 1. The van der Waals surface area contributed by atoms with Gasteiger partial charge in [0.1, 0.15) is 0 Å². The van der Waals surface area contributed by atoms with E-state index >= 15 is 0 Å². The van der Waals surface area contributed by atoms with Gasteiger partial charge in [0, 0.05) is 23.5 Å². The van der Waals surface area contributed by atoms with E-state index in [0.717, 1.165) is 23.5 Å². The molecule has 3 nitrogen and oxygen atoms in total. The van der Waals surface area contributed by atoms with Gasteiger partial charge in [-0.3, -0.25) is 4.79 Å². The number of amides is 1. The minimum absolute atomic E-state index is 0.0142. The van der Waals surface area contributed by atoms with Crippen molar-refractivity contribution in [3.63, 3.8) is 0 Å². The molecule has 1 amide bonds. The molecular formula is C27H24N2O. The summed E-state index contributed by atoms with van der Waals surface area (Å²) in [6, 6.07) is 37.8. The Hall–Kier alpha value is -3.85. The summed E-state index contributed by atoms with van der Waals surface area (Å²) in [5.74, 6) is -0.0142. The largest absolute Gasteiger partial charge is 0.381 e. The number of nitrogens with one attached hydrogen (secondary N) is 1. The van der Waals surface area contributed by atoms with E-state index in [1.54, 1.807) is 0 Å². The summed E-state index contributed by atoms with van der Waals surface area (Å²) in [6.07, 6.45) is 0. The Kier molecular flexibility index (Phi) is 6.21. The van der Waals surface area contributed by atoms with Gasteiger partial charge < -0.3 is 10.2 Å². The fraction of sp³-hybridized carbons (Fsp3) is 0.0741. The molecule has 0 saturated carbocycles. The number of rotatable bonds is 7. The molecule has 30 heavy (non-hydrogen) atoms. The van der Waals surface area contributed by atoms with Crippen LogP contribution in [0.5, 0.6) is 0 Å². The van der Waals surface area contributed by atoms with Crippen molar-refractivity contribution in [1.29, 1.82) is 0 Å². The molecule has 0 atom stereocenters. The molecule has 1 N–H and O–H groups in total. The average Bonchev–Trinajstić information content (AvgIpc) is 2.83. The molecule has 4 aromatic carbocycles. The Morgan fingerprint density at radius 1 is 0.633 bits per heavy atom. The van der Waals surface area contributed by atoms with Crippen molar-refractivity contribution in [1.82, 2.24) is 0 Å². The van der Waals surface area contributed by atoms with Crippen LogP contribution in [0.15, 0.2) is 115 Å². The van der Waals surface area contributed by atoms with Crippen LogP contribution in [0.2, 0.25) is 0 Å². The van der Waals surface area contributed by atoms with Gasteiger partial charge in [0.25, 0.3) is 5.91 Å². The Balaban J connectivity index is 1.51. The molecular weight excluding hydrogens is 368 g/mol. The van der Waals surface area contributed by atoms with Crippen LogP contribution in [0, 0.1) is 0 Å². The Labute approximate surface area is 177 Å². The van der Waals surface area contributed by atoms with Gasteiger partial charge in [-0.05, 0) is 47.5 Å². The minimum Gasteiger partial charge on any atom is -0.381 e. The Morgan fingerprint density at radius 3 is 1.77 bits per heavy atom. The van der Waals surface area contributed by atoms with Crippen molar-refractivity contribution < 1.29 is 4.79 Å². The summed E-state index contributed by atoms with van der Waals surface area (Å²) in [7, 11) is 0. The van der Waals surface area contributed by atoms with Crippen molar-refractivity contribution >= 4 is 17.3 Å². The summed E-state index contributed by atoms with van der Waals surface area (Å²) in [6.45, 7) is 1.27. The normalized spacial score (nSPS) is 10.4. The van der Waals surface area contributed by atoms with E-state index < -0.39 is 0 Å². The standard InChI is InChI=1S/C27H24N2O/c30-27(24-16-18-25(19-17-24)28-20-22-10-4-1-5-11-22)29(26-14-8-3-9-15-26)21-23-12-6-2-7-13-23/h1-19,28H,20-21H2. The highest BCUT2D eigenvalue weighted by Crippen LogP contribution is 2.21. The van der Waals surface area contributed by atoms with Crippen molar-refractivity contribution in [2.75, 3.05) is 10.2 Å². The highest BCUT2D eigenvalue weighted by molar-refractivity contribution is 6.06. The number of benzene rings is 4. The van der Waals surface area contributed by atoms with Crippen molar-refractivity contribution in [2.24, 2.45) is 0 Å². The zero-order chi connectivity index (χ0) is 20.6. The highest BCUT2D eigenvalue weighted by atomic mass is 16.2. The quantitative estimate of drug-likeness (QED) is 0.409. The van der Waals surface area contributed by atoms with Crippen LogP contribution in [0.25, 0.3) is 0 Å². The number of para-hydroxylation sites is 1. The third-order valence-corrected chi connectivity index (χ3v) is 4.97. The zero-order valence-electron chi connectivity index (χ0n) is 16.7. The van der Waals surface area contributed by atoms with Crippen molar-refractivity contribution in [3.05, 3.63) is 132 Å². The topological polar surface area (TPSA) is 32.3 Å². The lowest BCUT2D eigenvalue weighted by atomic mass is 10.1. The SMILES string of the molecule is O=C(c1ccc(NCc2ccccc2)cc1)N(Cc1ccccc1)c1ccccc1. The summed E-state index contributed by atoms with van der Waals surface area (Å²) >= 11 is 0. The molecule has 0 spiro atoms. The molecule has 4 aromatic rings. The number of hydrogen-bond donors (Lipinski definition) is 1. The van der Waals surface area contributed by atoms with E-state index in [2.05, 4.69) is 17.4 Å². The summed E-state index contributed by atoms with van der Waals surface area (Å²) < 4.78 is 0.